The molecule has 0 rings (SSSR count). The fourth-order valence-corrected chi connectivity index (χ4v) is 0. The molecule has 6 heavy (non-hydrogen) atoms. The van der Waals surface area contributed by atoms with E-state index in [1.165, 1.54) is 5.40 Å². The number of isothiocyanates is 1. The SMILES string of the molecule is N#CS.N=C=S. The van der Waals surface area contributed by atoms with Crippen molar-refractivity contribution in [2.24, 2.45) is 0 Å². The highest BCUT2D eigenvalue weighted by molar-refractivity contribution is 7.85. The summed E-state index contributed by atoms with van der Waals surface area (Å²) in [5.41, 5.74) is 0. The zero-order valence-electron chi connectivity index (χ0n) is 2.80. The van der Waals surface area contributed by atoms with Crippen molar-refractivity contribution in [2.45, 2.75) is 0 Å². The number of hydrogen-bond donors (Lipinski definition) is 2. The van der Waals surface area contributed by atoms with E-state index in [0.717, 1.165) is 0 Å². The predicted molar refractivity (Wildman–Crippen MR) is 29.9 cm³/mol. The summed E-state index contributed by atoms with van der Waals surface area (Å²) in [5.74, 6) is 0. The quantitative estimate of drug-likeness (QED) is 0.216. The van der Waals surface area contributed by atoms with Crippen LogP contribution in [0.1, 0.15) is 0 Å². The third-order valence-electron chi connectivity index (χ3n) is 0. The largest absolute Gasteiger partial charge is 0.248 e. The minimum absolute atomic E-state index is 1.44. The van der Waals surface area contributed by atoms with Gasteiger partial charge in [-0.05, 0) is 12.2 Å². The van der Waals surface area contributed by atoms with Gasteiger partial charge in [0.05, 0.1) is 5.16 Å². The summed E-state index contributed by atoms with van der Waals surface area (Å²) in [6.07, 6.45) is 0. The first-order chi connectivity index (χ1) is 2.83. The predicted octanol–water partition coefficient (Wildman–Crippen LogP) is 1.07. The first-order valence-corrected chi connectivity index (χ1v) is 1.76. The molecule has 0 saturated carbocycles. The Morgan fingerprint density at radius 1 is 1.83 bits per heavy atom. The van der Waals surface area contributed by atoms with Gasteiger partial charge >= 0.3 is 0 Å². The summed E-state index contributed by atoms with van der Waals surface area (Å²) in [4.78, 5) is 0. The molecule has 0 fully saturated rings. The lowest BCUT2D eigenvalue weighted by Gasteiger charge is -1.14. The first-order valence-electron chi connectivity index (χ1n) is 0.901. The maximum Gasteiger partial charge on any atom is 0.130 e. The van der Waals surface area contributed by atoms with Crippen LogP contribution in [0.25, 0.3) is 0 Å². The lowest BCUT2D eigenvalue weighted by Crippen LogP contribution is -1.03. The van der Waals surface area contributed by atoms with Gasteiger partial charge in [0.25, 0.3) is 0 Å². The molecule has 0 spiro atoms. The van der Waals surface area contributed by atoms with E-state index in [2.05, 4.69) is 24.8 Å². The molecule has 32 valence electrons. The molecule has 0 aromatic heterocycles. The van der Waals surface area contributed by atoms with Gasteiger partial charge in [0.15, 0.2) is 0 Å². The Balaban J connectivity index is 0. The summed E-state index contributed by atoms with van der Waals surface area (Å²) in [7, 11) is 0. The van der Waals surface area contributed by atoms with E-state index in [1.807, 2.05) is 0 Å². The number of nitrogens with one attached hydrogen (secondary N) is 1. The highest BCUT2D eigenvalue weighted by Crippen LogP contribution is 1.46. The lowest BCUT2D eigenvalue weighted by molar-refractivity contribution is 1.57. The maximum absolute atomic E-state index is 7.18. The van der Waals surface area contributed by atoms with Crippen molar-refractivity contribution >= 4 is 30.0 Å². The molecule has 4 heteroatoms. The molecule has 0 aliphatic rings. The van der Waals surface area contributed by atoms with E-state index in [0.29, 0.717) is 0 Å². The Morgan fingerprint density at radius 2 is 1.83 bits per heavy atom. The van der Waals surface area contributed by atoms with Crippen molar-refractivity contribution in [3.05, 3.63) is 0 Å². The minimum Gasteiger partial charge on any atom is -0.248 e. The average Bonchev–Trinajstić information content (AvgIpc) is 1.39. The van der Waals surface area contributed by atoms with Gasteiger partial charge in [-0.3, -0.25) is 0 Å². The van der Waals surface area contributed by atoms with Crippen LogP contribution in [0.5, 0.6) is 0 Å². The fraction of sp³-hybridized carbons (Fsp3) is 0. The number of rotatable bonds is 0. The molecule has 0 heterocycles. The van der Waals surface area contributed by atoms with Gasteiger partial charge in [-0.25, -0.2) is 5.41 Å². The molecular weight excluding hydrogens is 116 g/mol. The van der Waals surface area contributed by atoms with Crippen molar-refractivity contribution in [1.82, 2.24) is 0 Å². The Morgan fingerprint density at radius 3 is 1.83 bits per heavy atom. The third-order valence-corrected chi connectivity index (χ3v) is 0. The van der Waals surface area contributed by atoms with Crippen molar-refractivity contribution < 1.29 is 0 Å². The minimum atomic E-state index is 1.44. The number of thiocarbonyl (C=S) groups is 1. The highest BCUT2D eigenvalue weighted by Gasteiger charge is 1.18. The molecule has 0 saturated heterocycles. The molecule has 0 bridgehead atoms. The maximum atomic E-state index is 7.18. The second-order valence-corrected chi connectivity index (χ2v) is 0.606. The van der Waals surface area contributed by atoms with Crippen molar-refractivity contribution in [2.75, 3.05) is 0 Å². The number of nitriles is 1. The Kier molecular flexibility index (Phi) is 34.9. The number of thiol groups is 1. The lowest BCUT2D eigenvalue weighted by atomic mass is 11.8. The Hall–Kier alpha value is -0.360. The third kappa shape index (κ3) is 196. The summed E-state index contributed by atoms with van der Waals surface area (Å²) >= 11 is 6.90. The van der Waals surface area contributed by atoms with Crippen LogP contribution in [-0.4, -0.2) is 5.16 Å². The summed E-state index contributed by atoms with van der Waals surface area (Å²) < 4.78 is 0. The van der Waals surface area contributed by atoms with Crippen molar-refractivity contribution in [1.29, 1.82) is 10.7 Å². The van der Waals surface area contributed by atoms with Crippen LogP contribution in [0.3, 0.4) is 0 Å². The van der Waals surface area contributed by atoms with E-state index in [9.17, 15) is 0 Å². The van der Waals surface area contributed by atoms with E-state index in [-0.39, 0.29) is 0 Å². The molecule has 0 aliphatic heterocycles. The van der Waals surface area contributed by atoms with Crippen LogP contribution in [-0.2, 0) is 0 Å². The Labute approximate surface area is 46.7 Å². The molecular formula is C2H2N2S2. The van der Waals surface area contributed by atoms with E-state index >= 15 is 0 Å². The second kappa shape index (κ2) is 22.9. The molecule has 0 aliphatic carbocycles. The van der Waals surface area contributed by atoms with Crippen LogP contribution in [0.4, 0.5) is 0 Å². The van der Waals surface area contributed by atoms with Crippen molar-refractivity contribution in [3.8, 4) is 5.40 Å². The van der Waals surface area contributed by atoms with Crippen LogP contribution in [0, 0.1) is 16.1 Å². The monoisotopic (exact) mass is 118 g/mol. The van der Waals surface area contributed by atoms with E-state index < -0.39 is 0 Å². The summed E-state index contributed by atoms with van der Waals surface area (Å²) in [6.45, 7) is 0. The topological polar surface area (TPSA) is 47.6 Å². The summed E-state index contributed by atoms with van der Waals surface area (Å²) in [5, 5.41) is 16.0. The molecule has 0 atom stereocenters. The molecule has 0 radical (unpaired) electrons. The Bertz CT molecular complexity index is 76.0. The normalized spacial score (nSPS) is 2.67. The standard InChI is InChI=1S/2CHNS/c2*2-1-3/h3H;2H. The fourth-order valence-electron chi connectivity index (χ4n) is 0. The zero-order valence-corrected chi connectivity index (χ0v) is 4.51. The van der Waals surface area contributed by atoms with Gasteiger partial charge in [0.1, 0.15) is 5.40 Å². The number of nitrogens with zero attached hydrogens (tertiary/aromatic N) is 1. The summed E-state index contributed by atoms with van der Waals surface area (Å²) in [6, 6.07) is 0. The second-order valence-electron chi connectivity index (χ2n) is 0.202. The van der Waals surface area contributed by atoms with Gasteiger partial charge in [-0.15, -0.1) is 0 Å². The smallest absolute Gasteiger partial charge is 0.130 e. The zero-order chi connectivity index (χ0) is 5.41. The molecule has 0 aromatic rings. The van der Waals surface area contributed by atoms with Crippen LogP contribution < -0.4 is 0 Å². The van der Waals surface area contributed by atoms with Gasteiger partial charge < -0.3 is 0 Å². The van der Waals surface area contributed by atoms with Crippen LogP contribution >= 0.6 is 24.8 Å². The molecule has 0 aromatic carbocycles. The van der Waals surface area contributed by atoms with Crippen molar-refractivity contribution in [3.63, 3.8) is 0 Å². The van der Waals surface area contributed by atoms with Gasteiger partial charge in [0.2, 0.25) is 0 Å². The van der Waals surface area contributed by atoms with Gasteiger partial charge in [-0.2, -0.15) is 5.26 Å². The number of hydrogen-bond acceptors (Lipinski definition) is 4. The van der Waals surface area contributed by atoms with Crippen LogP contribution in [0.15, 0.2) is 0 Å². The van der Waals surface area contributed by atoms with E-state index in [1.54, 1.807) is 5.16 Å². The van der Waals surface area contributed by atoms with Gasteiger partial charge in [-0.1, -0.05) is 12.6 Å². The average molecular weight is 118 g/mol. The molecule has 0 amide bonds. The van der Waals surface area contributed by atoms with Crippen LogP contribution in [0.2, 0.25) is 0 Å². The molecule has 2 nitrogen and oxygen atoms in total. The molecule has 1 N–H and O–H groups in total. The first kappa shape index (κ1) is 9.16. The highest BCUT2D eigenvalue weighted by atomic mass is 32.1. The van der Waals surface area contributed by atoms with E-state index in [4.69, 9.17) is 10.7 Å². The van der Waals surface area contributed by atoms with Gasteiger partial charge in [0, 0.05) is 0 Å². The molecule has 0 unspecified atom stereocenters. The number of thiocyanates is 1.